The second kappa shape index (κ2) is 9.51. The molecule has 0 amide bonds. The summed E-state index contributed by atoms with van der Waals surface area (Å²) >= 11 is 0. The summed E-state index contributed by atoms with van der Waals surface area (Å²) in [6.45, 7) is 8.81. The van der Waals surface area contributed by atoms with Gasteiger partial charge >= 0.3 is 0 Å². The molecule has 0 aliphatic heterocycles. The fourth-order valence-electron chi connectivity index (χ4n) is 1.69. The van der Waals surface area contributed by atoms with Crippen LogP contribution < -0.4 is 0 Å². The monoisotopic (exact) mass is 218 g/mol. The summed E-state index contributed by atoms with van der Waals surface area (Å²) in [5, 5.41) is 0. The number of hydrogen-bond acceptors (Lipinski definition) is 0. The second-order valence-corrected chi connectivity index (χ2v) is 4.87. The van der Waals surface area contributed by atoms with E-state index in [9.17, 15) is 0 Å². The Bertz CT molecular complexity index is 265. The normalized spacial score (nSPS) is 12.8. The highest BCUT2D eigenvalue weighted by molar-refractivity contribution is 6.09. The maximum absolute atomic E-state index is 2.39. The maximum Gasteiger partial charge on any atom is 0.106 e. The molecule has 0 nitrogen and oxygen atoms in total. The van der Waals surface area contributed by atoms with Crippen molar-refractivity contribution in [3.63, 3.8) is 0 Å². The Morgan fingerprint density at radius 1 is 0.812 bits per heavy atom. The highest BCUT2D eigenvalue weighted by Crippen LogP contribution is 2.11. The molecule has 90 valence electrons. The number of hydrogen-bond donors (Lipinski definition) is 0. The van der Waals surface area contributed by atoms with Gasteiger partial charge in [0.2, 0.25) is 0 Å². The van der Waals surface area contributed by atoms with Gasteiger partial charge in [-0.1, -0.05) is 41.3 Å². The molecule has 0 aromatic rings. The van der Waals surface area contributed by atoms with Crippen molar-refractivity contribution in [2.75, 3.05) is 0 Å². The van der Waals surface area contributed by atoms with E-state index in [0.717, 1.165) is 6.32 Å². The average Bonchev–Trinajstić information content (AvgIpc) is 2.17. The highest BCUT2D eigenvalue weighted by Gasteiger charge is 1.91. The Kier molecular flexibility index (Phi) is 9.08. The summed E-state index contributed by atoms with van der Waals surface area (Å²) in [5.41, 5.74) is 4.48. The Labute approximate surface area is 103 Å². The predicted molar refractivity (Wildman–Crippen MR) is 78.8 cm³/mol. The number of allylic oxidation sites excluding steroid dienone is 6. The van der Waals surface area contributed by atoms with Crippen LogP contribution in [0.1, 0.15) is 53.4 Å². The predicted octanol–water partition coefficient (Wildman–Crippen LogP) is 4.46. The fourth-order valence-corrected chi connectivity index (χ4v) is 1.69. The minimum Gasteiger partial charge on any atom is -0.0935 e. The van der Waals surface area contributed by atoms with Gasteiger partial charge in [0.15, 0.2) is 0 Å². The zero-order valence-corrected chi connectivity index (χ0v) is 11.8. The van der Waals surface area contributed by atoms with E-state index in [0.29, 0.717) is 0 Å². The first-order valence-corrected chi connectivity index (χ1v) is 6.50. The number of rotatable bonds is 7. The molecular formula is C15H27B. The largest absolute Gasteiger partial charge is 0.106 e. The lowest BCUT2D eigenvalue weighted by Crippen LogP contribution is -1.80. The van der Waals surface area contributed by atoms with E-state index in [1.54, 1.807) is 0 Å². The molecule has 0 spiro atoms. The van der Waals surface area contributed by atoms with E-state index in [2.05, 4.69) is 53.8 Å². The quantitative estimate of drug-likeness (QED) is 0.437. The van der Waals surface area contributed by atoms with Crippen LogP contribution in [-0.2, 0) is 0 Å². The molecule has 0 rings (SSSR count). The van der Waals surface area contributed by atoms with Crippen molar-refractivity contribution in [2.24, 2.45) is 0 Å². The van der Waals surface area contributed by atoms with Crippen molar-refractivity contribution < 1.29 is 0 Å². The van der Waals surface area contributed by atoms with Gasteiger partial charge in [-0.15, -0.1) is 0 Å². The molecule has 0 aromatic carbocycles. The molecule has 0 aliphatic carbocycles. The van der Waals surface area contributed by atoms with Crippen LogP contribution >= 0.6 is 0 Å². The molecule has 0 radical (unpaired) electrons. The molecule has 0 N–H and O–H groups in total. The van der Waals surface area contributed by atoms with E-state index >= 15 is 0 Å². The first-order valence-electron chi connectivity index (χ1n) is 6.50. The molecule has 0 heterocycles. The van der Waals surface area contributed by atoms with Crippen molar-refractivity contribution in [2.45, 2.75) is 59.7 Å². The third kappa shape index (κ3) is 9.83. The van der Waals surface area contributed by atoms with Crippen LogP contribution in [-0.4, -0.2) is 7.85 Å². The lowest BCUT2D eigenvalue weighted by molar-refractivity contribution is 0.917. The molecule has 16 heavy (non-hydrogen) atoms. The molecule has 0 atom stereocenters. The summed E-state index contributed by atoms with van der Waals surface area (Å²) in [5.74, 6) is 0. The van der Waals surface area contributed by atoms with E-state index < -0.39 is 0 Å². The zero-order chi connectivity index (χ0) is 12.4. The van der Waals surface area contributed by atoms with Crippen molar-refractivity contribution >= 4 is 7.85 Å². The van der Waals surface area contributed by atoms with Crippen molar-refractivity contribution in [3.8, 4) is 0 Å². The minimum absolute atomic E-state index is 1.16. The lowest BCUT2D eigenvalue weighted by Gasteiger charge is -2.00. The van der Waals surface area contributed by atoms with Crippen LogP contribution in [0.2, 0.25) is 6.32 Å². The van der Waals surface area contributed by atoms with Gasteiger partial charge in [-0.3, -0.25) is 0 Å². The molecule has 0 bridgehead atoms. The van der Waals surface area contributed by atoms with E-state index in [4.69, 9.17) is 0 Å². The smallest absolute Gasteiger partial charge is 0.0935 e. The van der Waals surface area contributed by atoms with Crippen molar-refractivity contribution in [1.29, 1.82) is 0 Å². The fraction of sp³-hybridized carbons (Fsp3) is 0.600. The van der Waals surface area contributed by atoms with Crippen LogP contribution in [0.4, 0.5) is 0 Å². The molecule has 0 aliphatic rings. The molecule has 1 heteroatoms. The van der Waals surface area contributed by atoms with Crippen LogP contribution in [0.5, 0.6) is 0 Å². The third-order valence-electron chi connectivity index (χ3n) is 2.68. The lowest BCUT2D eigenvalue weighted by atomic mass is 10.0. The van der Waals surface area contributed by atoms with E-state index in [1.807, 2.05) is 0 Å². The Morgan fingerprint density at radius 3 is 1.81 bits per heavy atom. The van der Waals surface area contributed by atoms with E-state index in [1.165, 1.54) is 42.4 Å². The van der Waals surface area contributed by atoms with Crippen LogP contribution in [0.25, 0.3) is 0 Å². The second-order valence-electron chi connectivity index (χ2n) is 4.87. The summed E-state index contributed by atoms with van der Waals surface area (Å²) < 4.78 is 0. The standard InChI is InChI=1S/C15H27B/c1-13(2)7-5-8-14(3)9-6-10-15(4)11-12-16/h7,9,11H,5-6,8,10,12,16H2,1-4H3/b14-9+,15-11+. The molecular weight excluding hydrogens is 191 g/mol. The Morgan fingerprint density at radius 2 is 1.31 bits per heavy atom. The SMILES string of the molecule is BC/C=C(\C)CC/C=C(\C)CCC=C(C)C. The van der Waals surface area contributed by atoms with Gasteiger partial charge in [-0.05, 0) is 53.4 Å². The highest BCUT2D eigenvalue weighted by atomic mass is 14.0. The Balaban J connectivity index is 3.79. The zero-order valence-electron chi connectivity index (χ0n) is 11.8. The van der Waals surface area contributed by atoms with Crippen molar-refractivity contribution in [1.82, 2.24) is 0 Å². The molecule has 0 aromatic heterocycles. The first kappa shape index (κ1) is 15.3. The molecule has 0 unspecified atom stereocenters. The summed E-state index contributed by atoms with van der Waals surface area (Å²) in [7, 11) is 2.20. The summed E-state index contributed by atoms with van der Waals surface area (Å²) in [6, 6.07) is 0. The van der Waals surface area contributed by atoms with E-state index in [-0.39, 0.29) is 0 Å². The summed E-state index contributed by atoms with van der Waals surface area (Å²) in [4.78, 5) is 0. The van der Waals surface area contributed by atoms with Crippen LogP contribution in [0.3, 0.4) is 0 Å². The van der Waals surface area contributed by atoms with Gasteiger partial charge in [0.25, 0.3) is 0 Å². The first-order chi connectivity index (χ1) is 7.56. The van der Waals surface area contributed by atoms with Gasteiger partial charge in [-0.2, -0.15) is 0 Å². The van der Waals surface area contributed by atoms with Gasteiger partial charge < -0.3 is 0 Å². The summed E-state index contributed by atoms with van der Waals surface area (Å²) in [6.07, 6.45) is 13.0. The molecule has 0 fully saturated rings. The molecule has 0 saturated carbocycles. The minimum atomic E-state index is 1.16. The Hall–Kier alpha value is -0.715. The van der Waals surface area contributed by atoms with Gasteiger partial charge in [0.1, 0.15) is 7.85 Å². The maximum atomic E-state index is 2.39. The average molecular weight is 218 g/mol. The topological polar surface area (TPSA) is 0 Å². The van der Waals surface area contributed by atoms with Gasteiger partial charge in [0, 0.05) is 0 Å². The third-order valence-corrected chi connectivity index (χ3v) is 2.68. The van der Waals surface area contributed by atoms with Crippen molar-refractivity contribution in [3.05, 3.63) is 34.9 Å². The van der Waals surface area contributed by atoms with Gasteiger partial charge in [-0.25, -0.2) is 0 Å². The van der Waals surface area contributed by atoms with Gasteiger partial charge in [0.05, 0.1) is 0 Å². The van der Waals surface area contributed by atoms with Crippen LogP contribution in [0.15, 0.2) is 34.9 Å². The molecule has 0 saturated heterocycles. The van der Waals surface area contributed by atoms with Crippen LogP contribution in [0, 0.1) is 0 Å².